The normalized spacial score (nSPS) is 26.8. The lowest BCUT2D eigenvalue weighted by molar-refractivity contribution is 0.805. The van der Waals surface area contributed by atoms with E-state index in [0.29, 0.717) is 18.0 Å². The fraction of sp³-hybridized carbons (Fsp3) is 0.667. The third-order valence-corrected chi connectivity index (χ3v) is 1.61. The van der Waals surface area contributed by atoms with Gasteiger partial charge in [0.1, 0.15) is 0 Å². The predicted octanol–water partition coefficient (Wildman–Crippen LogP) is 0.265. The van der Waals surface area contributed by atoms with Crippen molar-refractivity contribution in [2.45, 2.75) is 6.92 Å². The predicted molar refractivity (Wildman–Crippen MR) is 37.5 cm³/mol. The van der Waals surface area contributed by atoms with Crippen LogP contribution in [0.4, 0.5) is 0 Å². The summed E-state index contributed by atoms with van der Waals surface area (Å²) in [4.78, 5) is 0. The summed E-state index contributed by atoms with van der Waals surface area (Å²) in [5.41, 5.74) is 1.26. The summed E-state index contributed by atoms with van der Waals surface area (Å²) < 4.78 is 0. The molecule has 3 N–H and O–H groups in total. The maximum absolute atomic E-state index is 7.33. The van der Waals surface area contributed by atoms with Crippen LogP contribution < -0.4 is 5.32 Å². The first kappa shape index (κ1) is 6.42. The van der Waals surface area contributed by atoms with Gasteiger partial charge in [-0.25, -0.2) is 0 Å². The Morgan fingerprint density at radius 2 is 2.44 bits per heavy atom. The van der Waals surface area contributed by atoms with E-state index in [1.54, 1.807) is 6.92 Å². The SMILES string of the molecule is CC(=N)C1CNCC1=N. The Hall–Kier alpha value is -0.700. The highest BCUT2D eigenvalue weighted by Crippen LogP contribution is 2.04. The van der Waals surface area contributed by atoms with Gasteiger partial charge in [0.25, 0.3) is 0 Å². The van der Waals surface area contributed by atoms with Crippen molar-refractivity contribution in [3.05, 3.63) is 0 Å². The van der Waals surface area contributed by atoms with Crippen molar-refractivity contribution >= 4 is 11.4 Å². The first-order valence-corrected chi connectivity index (χ1v) is 3.05. The summed E-state index contributed by atoms with van der Waals surface area (Å²) >= 11 is 0. The molecule has 3 nitrogen and oxygen atoms in total. The molecule has 0 bridgehead atoms. The first-order valence-electron chi connectivity index (χ1n) is 3.05. The van der Waals surface area contributed by atoms with E-state index in [2.05, 4.69) is 5.32 Å². The van der Waals surface area contributed by atoms with Crippen molar-refractivity contribution in [1.82, 2.24) is 5.32 Å². The lowest BCUT2D eigenvalue weighted by Crippen LogP contribution is -2.18. The highest BCUT2D eigenvalue weighted by atomic mass is 14.9. The smallest absolute Gasteiger partial charge is 0.0478 e. The second kappa shape index (κ2) is 2.27. The fourth-order valence-corrected chi connectivity index (χ4v) is 1.01. The van der Waals surface area contributed by atoms with Gasteiger partial charge in [-0.1, -0.05) is 0 Å². The quantitative estimate of drug-likeness (QED) is 0.433. The number of nitrogens with one attached hydrogen (secondary N) is 3. The molecule has 1 heterocycles. The Balaban J connectivity index is 2.60. The van der Waals surface area contributed by atoms with Crippen molar-refractivity contribution in [2.75, 3.05) is 13.1 Å². The third-order valence-electron chi connectivity index (χ3n) is 1.61. The van der Waals surface area contributed by atoms with Gasteiger partial charge in [0, 0.05) is 30.4 Å². The minimum Gasteiger partial charge on any atom is -0.310 e. The Morgan fingerprint density at radius 1 is 1.78 bits per heavy atom. The second-order valence-corrected chi connectivity index (χ2v) is 2.39. The van der Waals surface area contributed by atoms with Gasteiger partial charge in [-0.15, -0.1) is 0 Å². The average Bonchev–Trinajstić information content (AvgIpc) is 2.13. The van der Waals surface area contributed by atoms with Gasteiger partial charge in [-0.05, 0) is 6.92 Å². The maximum Gasteiger partial charge on any atom is 0.0478 e. The van der Waals surface area contributed by atoms with Gasteiger partial charge in [-0.3, -0.25) is 0 Å². The van der Waals surface area contributed by atoms with Crippen LogP contribution in [-0.2, 0) is 0 Å². The molecule has 1 aliphatic rings. The molecule has 0 aromatic heterocycles. The molecule has 1 atom stereocenters. The largest absolute Gasteiger partial charge is 0.310 e. The van der Waals surface area contributed by atoms with Crippen molar-refractivity contribution in [1.29, 1.82) is 10.8 Å². The van der Waals surface area contributed by atoms with E-state index in [1.807, 2.05) is 0 Å². The van der Waals surface area contributed by atoms with Crippen LogP contribution in [0.1, 0.15) is 6.92 Å². The highest BCUT2D eigenvalue weighted by Gasteiger charge is 2.21. The van der Waals surface area contributed by atoms with Crippen LogP contribution >= 0.6 is 0 Å². The van der Waals surface area contributed by atoms with Crippen molar-refractivity contribution in [2.24, 2.45) is 5.92 Å². The Morgan fingerprint density at radius 3 is 2.67 bits per heavy atom. The van der Waals surface area contributed by atoms with Crippen LogP contribution in [0.5, 0.6) is 0 Å². The molecule has 1 saturated heterocycles. The van der Waals surface area contributed by atoms with E-state index in [1.165, 1.54) is 0 Å². The van der Waals surface area contributed by atoms with Gasteiger partial charge in [0.05, 0.1) is 0 Å². The standard InChI is InChI=1S/C6H11N3/c1-4(7)5-2-9-3-6(5)8/h5,7-9H,2-3H2,1H3. The highest BCUT2D eigenvalue weighted by molar-refractivity contribution is 6.06. The molecule has 1 fully saturated rings. The minimum atomic E-state index is 0.0880. The number of hydrogen-bond donors (Lipinski definition) is 3. The lowest BCUT2D eigenvalue weighted by atomic mass is 10.0. The molecule has 0 aromatic rings. The van der Waals surface area contributed by atoms with Crippen LogP contribution in [0, 0.1) is 16.7 Å². The summed E-state index contributed by atoms with van der Waals surface area (Å²) in [7, 11) is 0. The zero-order chi connectivity index (χ0) is 6.85. The van der Waals surface area contributed by atoms with Gasteiger partial charge in [0.2, 0.25) is 0 Å². The lowest BCUT2D eigenvalue weighted by Gasteiger charge is -2.03. The van der Waals surface area contributed by atoms with E-state index in [-0.39, 0.29) is 5.92 Å². The molecule has 0 aromatic carbocycles. The Labute approximate surface area is 54.5 Å². The molecule has 0 radical (unpaired) electrons. The molecule has 3 heteroatoms. The van der Waals surface area contributed by atoms with Crippen molar-refractivity contribution in [3.8, 4) is 0 Å². The summed E-state index contributed by atoms with van der Waals surface area (Å²) in [5.74, 6) is 0.0880. The monoisotopic (exact) mass is 125 g/mol. The summed E-state index contributed by atoms with van der Waals surface area (Å²) in [5, 5.41) is 17.6. The van der Waals surface area contributed by atoms with E-state index in [0.717, 1.165) is 6.54 Å². The van der Waals surface area contributed by atoms with Gasteiger partial charge in [-0.2, -0.15) is 0 Å². The topological polar surface area (TPSA) is 59.7 Å². The molecule has 0 amide bonds. The minimum absolute atomic E-state index is 0.0880. The van der Waals surface area contributed by atoms with Gasteiger partial charge in [0.15, 0.2) is 0 Å². The Bertz CT molecular complexity index is 150. The second-order valence-electron chi connectivity index (χ2n) is 2.39. The van der Waals surface area contributed by atoms with Crippen LogP contribution in [0.3, 0.4) is 0 Å². The fourth-order valence-electron chi connectivity index (χ4n) is 1.01. The molecule has 0 aliphatic carbocycles. The molecule has 9 heavy (non-hydrogen) atoms. The van der Waals surface area contributed by atoms with E-state index < -0.39 is 0 Å². The van der Waals surface area contributed by atoms with E-state index >= 15 is 0 Å². The van der Waals surface area contributed by atoms with Crippen LogP contribution in [0.2, 0.25) is 0 Å². The molecule has 1 unspecified atom stereocenters. The number of rotatable bonds is 1. The van der Waals surface area contributed by atoms with Crippen molar-refractivity contribution in [3.63, 3.8) is 0 Å². The zero-order valence-electron chi connectivity index (χ0n) is 5.49. The van der Waals surface area contributed by atoms with Crippen molar-refractivity contribution < 1.29 is 0 Å². The molecular weight excluding hydrogens is 114 g/mol. The molecule has 0 spiro atoms. The number of hydrogen-bond acceptors (Lipinski definition) is 3. The molecule has 50 valence electrons. The summed E-state index contributed by atoms with van der Waals surface area (Å²) in [6, 6.07) is 0. The van der Waals surface area contributed by atoms with Crippen LogP contribution in [-0.4, -0.2) is 24.5 Å². The third kappa shape index (κ3) is 1.16. The summed E-state index contributed by atoms with van der Waals surface area (Å²) in [6.45, 7) is 3.21. The van der Waals surface area contributed by atoms with Crippen LogP contribution in [0.25, 0.3) is 0 Å². The van der Waals surface area contributed by atoms with E-state index in [4.69, 9.17) is 10.8 Å². The molecule has 1 rings (SSSR count). The van der Waals surface area contributed by atoms with E-state index in [9.17, 15) is 0 Å². The summed E-state index contributed by atoms with van der Waals surface area (Å²) in [6.07, 6.45) is 0. The Kier molecular flexibility index (Phi) is 1.62. The molecule has 0 saturated carbocycles. The van der Waals surface area contributed by atoms with Gasteiger partial charge < -0.3 is 16.1 Å². The van der Waals surface area contributed by atoms with Gasteiger partial charge >= 0.3 is 0 Å². The zero-order valence-corrected chi connectivity index (χ0v) is 5.49. The first-order chi connectivity index (χ1) is 4.22. The molecule has 1 aliphatic heterocycles. The average molecular weight is 125 g/mol. The maximum atomic E-state index is 7.33. The molecular formula is C6H11N3. The van der Waals surface area contributed by atoms with Crippen LogP contribution in [0.15, 0.2) is 0 Å².